The third-order valence-corrected chi connectivity index (χ3v) is 7.76. The predicted molar refractivity (Wildman–Crippen MR) is 150 cm³/mol. The van der Waals surface area contributed by atoms with Crippen molar-refractivity contribution in [3.8, 4) is 28.7 Å². The van der Waals surface area contributed by atoms with Crippen LogP contribution in [0.3, 0.4) is 0 Å². The second-order valence-corrected chi connectivity index (χ2v) is 11.4. The van der Waals surface area contributed by atoms with Gasteiger partial charge in [-0.05, 0) is 58.9 Å². The van der Waals surface area contributed by atoms with Gasteiger partial charge in [0.15, 0.2) is 5.82 Å². The highest BCUT2D eigenvalue weighted by Gasteiger charge is 2.35. The van der Waals surface area contributed by atoms with Gasteiger partial charge in [0.25, 0.3) is 0 Å². The summed E-state index contributed by atoms with van der Waals surface area (Å²) in [6.07, 6.45) is 1.93. The van der Waals surface area contributed by atoms with Crippen molar-refractivity contribution in [2.45, 2.75) is 52.1 Å². The van der Waals surface area contributed by atoms with Gasteiger partial charge in [0.05, 0.1) is 37.9 Å². The molecule has 0 aliphatic heterocycles. The van der Waals surface area contributed by atoms with E-state index in [1.54, 1.807) is 44.3 Å². The van der Waals surface area contributed by atoms with E-state index in [0.29, 0.717) is 34.3 Å². The predicted octanol–water partition coefficient (Wildman–Crippen LogP) is 4.05. The van der Waals surface area contributed by atoms with Gasteiger partial charge in [-0.15, -0.1) is 10.2 Å². The number of ether oxygens (including phenoxy) is 3. The van der Waals surface area contributed by atoms with Crippen LogP contribution in [-0.4, -0.2) is 63.7 Å². The number of para-hydroxylation sites is 1. The van der Waals surface area contributed by atoms with Crippen molar-refractivity contribution in [3.05, 3.63) is 65.9 Å². The van der Waals surface area contributed by atoms with Crippen molar-refractivity contribution >= 4 is 16.0 Å². The molecule has 0 aliphatic rings. The Morgan fingerprint density at radius 1 is 0.875 bits per heavy atom. The quantitative estimate of drug-likeness (QED) is 0.282. The first-order valence-corrected chi connectivity index (χ1v) is 14.2. The SMILES string of the molecule is COc1cccc(OC)c1-n1c(NS(=O)(=O)C(C)C(OC(C)C)c2cnc(C)cn2)nnc1-c1cccc(C)n1. The van der Waals surface area contributed by atoms with Gasteiger partial charge in [0.1, 0.15) is 34.2 Å². The van der Waals surface area contributed by atoms with Crippen molar-refractivity contribution < 1.29 is 22.6 Å². The highest BCUT2D eigenvalue weighted by Crippen LogP contribution is 2.38. The largest absolute Gasteiger partial charge is 0.494 e. The third kappa shape index (κ3) is 6.05. The molecule has 0 spiro atoms. The number of nitrogens with one attached hydrogen (secondary N) is 1. The normalized spacial score (nSPS) is 13.2. The first-order valence-electron chi connectivity index (χ1n) is 12.6. The minimum Gasteiger partial charge on any atom is -0.494 e. The summed E-state index contributed by atoms with van der Waals surface area (Å²) in [6, 6.07) is 10.7. The van der Waals surface area contributed by atoms with Gasteiger partial charge in [-0.2, -0.15) is 0 Å². The number of methoxy groups -OCH3 is 2. The second kappa shape index (κ2) is 12.0. The molecule has 12 nitrogen and oxygen atoms in total. The van der Waals surface area contributed by atoms with Gasteiger partial charge in [-0.1, -0.05) is 12.1 Å². The molecule has 1 aromatic carbocycles. The number of benzene rings is 1. The minimum absolute atomic E-state index is 0.0776. The molecule has 2 atom stereocenters. The van der Waals surface area contributed by atoms with Crippen molar-refractivity contribution in [3.63, 3.8) is 0 Å². The van der Waals surface area contributed by atoms with E-state index in [0.717, 1.165) is 5.69 Å². The maximum atomic E-state index is 13.9. The van der Waals surface area contributed by atoms with Crippen molar-refractivity contribution in [1.29, 1.82) is 0 Å². The van der Waals surface area contributed by atoms with E-state index in [2.05, 4.69) is 29.9 Å². The molecule has 4 aromatic rings. The summed E-state index contributed by atoms with van der Waals surface area (Å²) in [5.41, 5.74) is 2.74. The molecule has 3 heterocycles. The van der Waals surface area contributed by atoms with E-state index < -0.39 is 21.4 Å². The molecule has 13 heteroatoms. The molecule has 0 fully saturated rings. The number of anilines is 1. The fourth-order valence-corrected chi connectivity index (χ4v) is 5.20. The van der Waals surface area contributed by atoms with Crippen LogP contribution < -0.4 is 14.2 Å². The Morgan fingerprint density at radius 2 is 1.55 bits per heavy atom. The molecular formula is C27H33N7O5S. The molecule has 2 unspecified atom stereocenters. The van der Waals surface area contributed by atoms with Crippen LogP contribution in [0.2, 0.25) is 0 Å². The maximum absolute atomic E-state index is 13.9. The Balaban J connectivity index is 1.85. The number of nitrogens with zero attached hydrogens (tertiary/aromatic N) is 6. The molecule has 0 saturated heterocycles. The van der Waals surface area contributed by atoms with E-state index in [1.807, 2.05) is 32.9 Å². The number of sulfonamides is 1. The van der Waals surface area contributed by atoms with E-state index >= 15 is 0 Å². The topological polar surface area (TPSA) is 143 Å². The summed E-state index contributed by atoms with van der Waals surface area (Å²) in [5, 5.41) is 7.46. The minimum atomic E-state index is -4.13. The first kappa shape index (κ1) is 28.9. The lowest BCUT2D eigenvalue weighted by atomic mass is 10.2. The van der Waals surface area contributed by atoms with Gasteiger partial charge in [0.2, 0.25) is 16.0 Å². The van der Waals surface area contributed by atoms with E-state index in [1.165, 1.54) is 25.0 Å². The molecule has 40 heavy (non-hydrogen) atoms. The smallest absolute Gasteiger partial charge is 0.243 e. The van der Waals surface area contributed by atoms with Gasteiger partial charge in [-0.25, -0.2) is 13.4 Å². The van der Waals surface area contributed by atoms with Crippen LogP contribution in [-0.2, 0) is 14.8 Å². The summed E-state index contributed by atoms with van der Waals surface area (Å²) in [6.45, 7) is 8.85. The van der Waals surface area contributed by atoms with Crippen LogP contribution in [0.25, 0.3) is 17.2 Å². The zero-order chi connectivity index (χ0) is 29.0. The number of pyridine rings is 1. The number of hydrogen-bond acceptors (Lipinski definition) is 10. The number of rotatable bonds is 11. The Labute approximate surface area is 233 Å². The lowest BCUT2D eigenvalue weighted by molar-refractivity contribution is 0.00394. The molecule has 3 aromatic heterocycles. The monoisotopic (exact) mass is 567 g/mol. The fraction of sp³-hybridized carbons (Fsp3) is 0.370. The molecule has 0 saturated carbocycles. The van der Waals surface area contributed by atoms with Crippen LogP contribution >= 0.6 is 0 Å². The molecule has 1 N–H and O–H groups in total. The average Bonchev–Trinajstić information content (AvgIpc) is 3.33. The van der Waals surface area contributed by atoms with Crippen LogP contribution in [0.1, 0.15) is 44.0 Å². The third-order valence-electron chi connectivity index (χ3n) is 6.07. The molecule has 0 radical (unpaired) electrons. The highest BCUT2D eigenvalue weighted by molar-refractivity contribution is 7.93. The summed E-state index contributed by atoms with van der Waals surface area (Å²) >= 11 is 0. The molecule has 212 valence electrons. The fourth-order valence-electron chi connectivity index (χ4n) is 4.09. The number of aryl methyl sites for hydroxylation is 2. The van der Waals surface area contributed by atoms with Gasteiger partial charge in [0, 0.05) is 11.9 Å². The van der Waals surface area contributed by atoms with Gasteiger partial charge < -0.3 is 14.2 Å². The lowest BCUT2D eigenvalue weighted by Crippen LogP contribution is -2.34. The van der Waals surface area contributed by atoms with Crippen LogP contribution in [0, 0.1) is 13.8 Å². The molecule has 0 bridgehead atoms. The van der Waals surface area contributed by atoms with Crippen LogP contribution in [0.15, 0.2) is 48.8 Å². The Hall–Kier alpha value is -4.10. The van der Waals surface area contributed by atoms with E-state index in [4.69, 9.17) is 14.2 Å². The summed E-state index contributed by atoms with van der Waals surface area (Å²) in [7, 11) is -1.11. The standard InChI is InChI=1S/C27H33N7O5S/c1-16(2)39-25(21-15-28-18(4)14-29-21)19(5)40(35,36)33-27-32-31-26(20-11-8-10-17(3)30-20)34(27)24-22(37-6)12-9-13-23(24)38-7/h8-16,19,25H,1-7H3,(H,32,33). The maximum Gasteiger partial charge on any atom is 0.243 e. The molecule has 0 aliphatic carbocycles. The Kier molecular flexibility index (Phi) is 8.64. The zero-order valence-corrected chi connectivity index (χ0v) is 24.3. The van der Waals surface area contributed by atoms with Gasteiger partial charge in [-0.3, -0.25) is 19.3 Å². The Bertz CT molecular complexity index is 1550. The van der Waals surface area contributed by atoms with Crippen molar-refractivity contribution in [2.75, 3.05) is 18.9 Å². The molecular weight excluding hydrogens is 534 g/mol. The van der Waals surface area contributed by atoms with Crippen molar-refractivity contribution in [1.82, 2.24) is 29.7 Å². The highest BCUT2D eigenvalue weighted by atomic mass is 32.2. The summed E-state index contributed by atoms with van der Waals surface area (Å²) in [4.78, 5) is 13.2. The number of aromatic nitrogens is 6. The van der Waals surface area contributed by atoms with Crippen molar-refractivity contribution in [2.24, 2.45) is 0 Å². The average molecular weight is 568 g/mol. The second-order valence-electron chi connectivity index (χ2n) is 9.40. The Morgan fingerprint density at radius 3 is 2.12 bits per heavy atom. The summed E-state index contributed by atoms with van der Waals surface area (Å²) < 4.78 is 49.1. The van der Waals surface area contributed by atoms with Crippen LogP contribution in [0.4, 0.5) is 5.95 Å². The molecule has 4 rings (SSSR count). The first-order chi connectivity index (χ1) is 19.1. The van der Waals surface area contributed by atoms with Gasteiger partial charge >= 0.3 is 0 Å². The lowest BCUT2D eigenvalue weighted by Gasteiger charge is -2.26. The van der Waals surface area contributed by atoms with Crippen LogP contribution in [0.5, 0.6) is 11.5 Å². The summed E-state index contributed by atoms with van der Waals surface area (Å²) in [5.74, 6) is 1.04. The van der Waals surface area contributed by atoms with E-state index in [9.17, 15) is 8.42 Å². The molecule has 0 amide bonds. The zero-order valence-electron chi connectivity index (χ0n) is 23.5. The number of hydrogen-bond donors (Lipinski definition) is 1. The van der Waals surface area contributed by atoms with E-state index in [-0.39, 0.29) is 17.9 Å².